The minimum Gasteiger partial charge on any atom is -0.337 e. The Morgan fingerprint density at radius 2 is 1.97 bits per heavy atom. The molecule has 1 N–H and O–H groups in total. The van der Waals surface area contributed by atoms with Gasteiger partial charge in [-0.15, -0.1) is 0 Å². The van der Waals surface area contributed by atoms with E-state index < -0.39 is 10.0 Å². The molecule has 6 nitrogen and oxygen atoms in total. The highest BCUT2D eigenvalue weighted by Gasteiger charge is 2.63. The van der Waals surface area contributed by atoms with Crippen molar-refractivity contribution in [3.05, 3.63) is 54.0 Å². The predicted molar refractivity (Wildman–Crippen MR) is 115 cm³/mol. The van der Waals surface area contributed by atoms with Crippen LogP contribution in [0.2, 0.25) is 0 Å². The Hall–Kier alpha value is -2.32. The molecule has 31 heavy (non-hydrogen) atoms. The molecule has 4 fully saturated rings. The number of amides is 1. The zero-order chi connectivity index (χ0) is 21.8. The Labute approximate surface area is 181 Å². The van der Waals surface area contributed by atoms with Crippen molar-refractivity contribution in [1.29, 1.82) is 0 Å². The van der Waals surface area contributed by atoms with E-state index in [1.54, 1.807) is 12.1 Å². The average Bonchev–Trinajstić information content (AvgIpc) is 3.00. The van der Waals surface area contributed by atoms with Gasteiger partial charge in [-0.25, -0.2) is 17.5 Å². The molecule has 1 saturated heterocycles. The fraction of sp³-hybridized carbons (Fsp3) is 0.478. The minimum atomic E-state index is -3.41. The summed E-state index contributed by atoms with van der Waals surface area (Å²) >= 11 is 0. The van der Waals surface area contributed by atoms with Crippen LogP contribution in [-0.2, 0) is 21.2 Å². The highest BCUT2D eigenvalue weighted by molar-refractivity contribution is 7.88. The van der Waals surface area contributed by atoms with Gasteiger partial charge in [0.25, 0.3) is 0 Å². The number of nitrogens with zero attached hydrogens (tertiary/aromatic N) is 2. The fourth-order valence-corrected chi connectivity index (χ4v) is 6.26. The summed E-state index contributed by atoms with van der Waals surface area (Å²) in [5.74, 6) is 0.534. The van der Waals surface area contributed by atoms with Gasteiger partial charge in [0.15, 0.2) is 0 Å². The number of sulfonamides is 1. The van der Waals surface area contributed by atoms with E-state index >= 15 is 0 Å². The molecule has 2 aromatic rings. The molecule has 3 aliphatic carbocycles. The van der Waals surface area contributed by atoms with Gasteiger partial charge in [0.1, 0.15) is 5.82 Å². The average molecular weight is 444 g/mol. The van der Waals surface area contributed by atoms with Crippen molar-refractivity contribution in [2.75, 3.05) is 12.8 Å². The van der Waals surface area contributed by atoms with Gasteiger partial charge in [0.2, 0.25) is 15.9 Å². The van der Waals surface area contributed by atoms with Crippen molar-refractivity contribution in [3.8, 4) is 11.3 Å². The zero-order valence-corrected chi connectivity index (χ0v) is 18.2. The molecule has 2 heterocycles. The third-order valence-corrected chi connectivity index (χ3v) is 7.74. The highest BCUT2D eigenvalue weighted by Crippen LogP contribution is 2.65. The summed E-state index contributed by atoms with van der Waals surface area (Å²) in [6, 6.07) is 11.2. The molecule has 4 aliphatic rings. The van der Waals surface area contributed by atoms with Gasteiger partial charge in [0, 0.05) is 30.3 Å². The van der Waals surface area contributed by atoms with Crippen LogP contribution in [0.25, 0.3) is 11.3 Å². The molecule has 0 radical (unpaired) electrons. The number of likely N-dealkylation sites (tertiary alicyclic amines) is 1. The first kappa shape index (κ1) is 20.6. The van der Waals surface area contributed by atoms with Gasteiger partial charge < -0.3 is 4.90 Å². The summed E-state index contributed by atoms with van der Waals surface area (Å²) < 4.78 is 40.3. The van der Waals surface area contributed by atoms with Crippen LogP contribution in [0.4, 0.5) is 4.39 Å². The summed E-state index contributed by atoms with van der Waals surface area (Å²) in [5.41, 5.74) is 1.88. The van der Waals surface area contributed by atoms with E-state index in [9.17, 15) is 17.6 Å². The lowest BCUT2D eigenvalue weighted by Gasteiger charge is -2.61. The van der Waals surface area contributed by atoms with E-state index in [1.807, 2.05) is 23.1 Å². The van der Waals surface area contributed by atoms with Crippen LogP contribution in [-0.4, -0.2) is 49.1 Å². The lowest BCUT2D eigenvalue weighted by atomic mass is 9.44. The number of benzene rings is 1. The molecular weight excluding hydrogens is 417 g/mol. The Kier molecular flexibility index (Phi) is 4.90. The maximum Gasteiger partial charge on any atom is 0.229 e. The number of aromatic nitrogens is 1. The Morgan fingerprint density at radius 1 is 1.23 bits per heavy atom. The second-order valence-corrected chi connectivity index (χ2v) is 11.1. The SMILES string of the molecule is CS(=O)(=O)N[C@@H]1CCN(C(=O)C23CC(C2)C3)[C@@H]1Cc1cccc(-c2cccc(F)c2)n1. The van der Waals surface area contributed by atoms with Crippen LogP contribution >= 0.6 is 0 Å². The van der Waals surface area contributed by atoms with Gasteiger partial charge in [-0.05, 0) is 55.9 Å². The van der Waals surface area contributed by atoms with Crippen LogP contribution in [0.5, 0.6) is 0 Å². The highest BCUT2D eigenvalue weighted by atomic mass is 32.2. The van der Waals surface area contributed by atoms with E-state index in [2.05, 4.69) is 4.72 Å². The third kappa shape index (κ3) is 3.87. The number of carbonyl (C=O) groups excluding carboxylic acids is 1. The number of rotatable bonds is 6. The molecule has 1 amide bonds. The maximum absolute atomic E-state index is 13.6. The van der Waals surface area contributed by atoms with Gasteiger partial charge >= 0.3 is 0 Å². The summed E-state index contributed by atoms with van der Waals surface area (Å²) in [5, 5.41) is 0. The molecule has 1 aromatic heterocycles. The number of hydrogen-bond donors (Lipinski definition) is 1. The second-order valence-electron chi connectivity index (χ2n) is 9.34. The molecule has 0 unspecified atom stereocenters. The Bertz CT molecular complexity index is 1120. The van der Waals surface area contributed by atoms with Gasteiger partial charge in [-0.1, -0.05) is 18.2 Å². The number of halogens is 1. The van der Waals surface area contributed by atoms with Gasteiger partial charge in [0.05, 0.1) is 23.4 Å². The monoisotopic (exact) mass is 443 g/mol. The minimum absolute atomic E-state index is 0.166. The van der Waals surface area contributed by atoms with E-state index in [4.69, 9.17) is 4.98 Å². The van der Waals surface area contributed by atoms with E-state index in [0.29, 0.717) is 36.6 Å². The maximum atomic E-state index is 13.6. The largest absolute Gasteiger partial charge is 0.337 e. The van der Waals surface area contributed by atoms with Crippen LogP contribution in [0.1, 0.15) is 31.4 Å². The molecule has 8 heteroatoms. The number of carbonyl (C=O) groups is 1. The molecular formula is C23H26FN3O3S. The number of hydrogen-bond acceptors (Lipinski definition) is 4. The van der Waals surface area contributed by atoms with Crippen molar-refractivity contribution >= 4 is 15.9 Å². The van der Waals surface area contributed by atoms with Crippen LogP contribution in [0.3, 0.4) is 0 Å². The molecule has 0 spiro atoms. The van der Waals surface area contributed by atoms with Crippen molar-refractivity contribution in [2.24, 2.45) is 11.3 Å². The van der Waals surface area contributed by atoms with Gasteiger partial charge in [-0.3, -0.25) is 9.78 Å². The Balaban J connectivity index is 1.42. The number of nitrogens with one attached hydrogen (secondary N) is 1. The van der Waals surface area contributed by atoms with Crippen LogP contribution < -0.4 is 4.72 Å². The quantitative estimate of drug-likeness (QED) is 0.745. The van der Waals surface area contributed by atoms with Crippen molar-refractivity contribution in [3.63, 3.8) is 0 Å². The molecule has 2 bridgehead atoms. The normalized spacial score (nSPS) is 29.4. The lowest BCUT2D eigenvalue weighted by molar-refractivity contribution is -0.177. The summed E-state index contributed by atoms with van der Waals surface area (Å²) in [6.07, 6.45) is 5.08. The first-order valence-corrected chi connectivity index (χ1v) is 12.6. The Morgan fingerprint density at radius 3 is 2.61 bits per heavy atom. The molecule has 2 atom stereocenters. The van der Waals surface area contributed by atoms with Crippen LogP contribution in [0, 0.1) is 17.2 Å². The molecule has 1 aliphatic heterocycles. The van der Waals surface area contributed by atoms with E-state index in [0.717, 1.165) is 31.2 Å². The second kappa shape index (κ2) is 7.38. The molecule has 3 saturated carbocycles. The first-order valence-electron chi connectivity index (χ1n) is 10.7. The first-order chi connectivity index (χ1) is 14.7. The predicted octanol–water partition coefficient (Wildman–Crippen LogP) is 2.75. The van der Waals surface area contributed by atoms with Crippen molar-refractivity contribution in [2.45, 2.75) is 44.2 Å². The van der Waals surface area contributed by atoms with Crippen molar-refractivity contribution in [1.82, 2.24) is 14.6 Å². The summed E-state index contributed by atoms with van der Waals surface area (Å²) in [7, 11) is -3.41. The zero-order valence-electron chi connectivity index (χ0n) is 17.4. The fourth-order valence-electron chi connectivity index (χ4n) is 5.43. The summed E-state index contributed by atoms with van der Waals surface area (Å²) in [6.45, 7) is 0.548. The summed E-state index contributed by atoms with van der Waals surface area (Å²) in [4.78, 5) is 19.9. The van der Waals surface area contributed by atoms with Crippen LogP contribution in [0.15, 0.2) is 42.5 Å². The molecule has 164 valence electrons. The molecule has 1 aromatic carbocycles. The smallest absolute Gasteiger partial charge is 0.229 e. The third-order valence-electron chi connectivity index (χ3n) is 7.01. The van der Waals surface area contributed by atoms with Gasteiger partial charge in [-0.2, -0.15) is 0 Å². The molecule has 6 rings (SSSR count). The van der Waals surface area contributed by atoms with E-state index in [-0.39, 0.29) is 29.2 Å². The number of pyridine rings is 1. The topological polar surface area (TPSA) is 79.4 Å². The van der Waals surface area contributed by atoms with Crippen molar-refractivity contribution < 1.29 is 17.6 Å². The van der Waals surface area contributed by atoms with E-state index in [1.165, 1.54) is 12.1 Å². The standard InChI is InChI=1S/C23H26FN3O3S/c1-31(29,30)26-20-8-9-27(22(28)23-12-15(13-23)14-23)21(20)11-18-6-3-7-19(25-18)16-4-2-5-17(24)10-16/h2-7,10,15,20-21,26H,8-9,11-14H2,1H3/t15?,20-,21-,23?/m1/s1. The lowest BCUT2D eigenvalue weighted by Crippen LogP contribution is -2.62.